The number of aromatic nitrogens is 2. The highest BCUT2D eigenvalue weighted by molar-refractivity contribution is 5.97. The van der Waals surface area contributed by atoms with Crippen LogP contribution in [0.15, 0.2) is 48.5 Å². The predicted octanol–water partition coefficient (Wildman–Crippen LogP) is 3.59. The van der Waals surface area contributed by atoms with Gasteiger partial charge in [-0.15, -0.1) is 0 Å². The van der Waals surface area contributed by atoms with Crippen molar-refractivity contribution in [2.45, 2.75) is 27.2 Å². The summed E-state index contributed by atoms with van der Waals surface area (Å²) in [4.78, 5) is 29.7. The maximum atomic E-state index is 13.3. The number of halogens is 1. The summed E-state index contributed by atoms with van der Waals surface area (Å²) in [5.74, 6) is -0.431. The second-order valence-electron chi connectivity index (χ2n) is 8.56. The maximum Gasteiger partial charge on any atom is 0.257 e. The van der Waals surface area contributed by atoms with Crippen LogP contribution in [0.25, 0.3) is 5.69 Å². The lowest BCUT2D eigenvalue weighted by Gasteiger charge is -2.34. The number of hydrogen-bond donors (Lipinski definition) is 1. The molecule has 7 nitrogen and oxygen atoms in total. The first kappa shape index (κ1) is 23.6. The molecule has 0 saturated carbocycles. The molecule has 0 atom stereocenters. The molecule has 8 heteroatoms. The van der Waals surface area contributed by atoms with E-state index < -0.39 is 0 Å². The summed E-state index contributed by atoms with van der Waals surface area (Å²) in [6.07, 6.45) is 0.855. The summed E-state index contributed by atoms with van der Waals surface area (Å²) >= 11 is 0. The highest BCUT2D eigenvalue weighted by Gasteiger charge is 2.28. The van der Waals surface area contributed by atoms with E-state index in [2.05, 4.69) is 22.2 Å². The summed E-state index contributed by atoms with van der Waals surface area (Å²) in [5.41, 5.74) is 4.62. The van der Waals surface area contributed by atoms with Crippen LogP contribution in [0.2, 0.25) is 0 Å². The maximum absolute atomic E-state index is 13.3. The third kappa shape index (κ3) is 5.02. The standard InChI is InChI=1S/C26H30FN5O2/c1-4-20-7-5-6-8-23(20)28-24(33)17-30-13-15-31(16-14-30)26(34)25-18(2)29-32(19(25)3)22-11-9-21(27)10-12-22/h5-12H,4,13-17H2,1-3H3,(H,28,33). The highest BCUT2D eigenvalue weighted by Crippen LogP contribution is 2.21. The van der Waals surface area contributed by atoms with Gasteiger partial charge in [-0.3, -0.25) is 14.5 Å². The van der Waals surface area contributed by atoms with E-state index in [0.29, 0.717) is 49.7 Å². The third-order valence-corrected chi connectivity index (χ3v) is 6.28. The number of piperazine rings is 1. The first-order valence-electron chi connectivity index (χ1n) is 11.6. The number of para-hydroxylation sites is 1. The molecule has 0 radical (unpaired) electrons. The van der Waals surface area contributed by atoms with Crippen molar-refractivity contribution in [3.05, 3.63) is 76.9 Å². The Kier molecular flexibility index (Phi) is 7.07. The molecule has 1 saturated heterocycles. The van der Waals surface area contributed by atoms with Crippen LogP contribution in [0.3, 0.4) is 0 Å². The normalized spacial score (nSPS) is 14.3. The van der Waals surface area contributed by atoms with Crippen molar-refractivity contribution in [1.82, 2.24) is 19.6 Å². The molecule has 0 unspecified atom stereocenters. The van der Waals surface area contributed by atoms with Crippen molar-refractivity contribution in [2.24, 2.45) is 0 Å². The van der Waals surface area contributed by atoms with E-state index in [0.717, 1.165) is 23.4 Å². The van der Waals surface area contributed by atoms with Crippen molar-refractivity contribution < 1.29 is 14.0 Å². The molecule has 2 heterocycles. The lowest BCUT2D eigenvalue weighted by molar-refractivity contribution is -0.117. The molecule has 3 aromatic rings. The SMILES string of the molecule is CCc1ccccc1NC(=O)CN1CCN(C(=O)c2c(C)nn(-c3ccc(F)cc3)c2C)CC1. The Hall–Kier alpha value is -3.52. The highest BCUT2D eigenvalue weighted by atomic mass is 19.1. The molecule has 2 amide bonds. The minimum absolute atomic E-state index is 0.0482. The summed E-state index contributed by atoms with van der Waals surface area (Å²) in [6, 6.07) is 13.9. The van der Waals surface area contributed by atoms with E-state index in [1.165, 1.54) is 12.1 Å². The monoisotopic (exact) mass is 463 g/mol. The lowest BCUT2D eigenvalue weighted by atomic mass is 10.1. The van der Waals surface area contributed by atoms with Gasteiger partial charge >= 0.3 is 0 Å². The van der Waals surface area contributed by atoms with E-state index in [-0.39, 0.29) is 17.6 Å². The number of benzene rings is 2. The number of carbonyl (C=O) groups excluding carboxylic acids is 2. The molecule has 1 aliphatic rings. The number of anilines is 1. The average molecular weight is 464 g/mol. The van der Waals surface area contributed by atoms with Gasteiger partial charge < -0.3 is 10.2 Å². The van der Waals surface area contributed by atoms with E-state index in [1.54, 1.807) is 16.8 Å². The summed E-state index contributed by atoms with van der Waals surface area (Å²) < 4.78 is 15.0. The largest absolute Gasteiger partial charge is 0.336 e. The molecule has 0 aliphatic carbocycles. The zero-order chi connectivity index (χ0) is 24.2. The van der Waals surface area contributed by atoms with Gasteiger partial charge in [0.15, 0.2) is 0 Å². The second-order valence-corrected chi connectivity index (χ2v) is 8.56. The van der Waals surface area contributed by atoms with Gasteiger partial charge in [-0.05, 0) is 56.2 Å². The Morgan fingerprint density at radius 3 is 2.35 bits per heavy atom. The van der Waals surface area contributed by atoms with Gasteiger partial charge in [-0.1, -0.05) is 25.1 Å². The van der Waals surface area contributed by atoms with Gasteiger partial charge in [-0.25, -0.2) is 9.07 Å². The zero-order valence-corrected chi connectivity index (χ0v) is 19.8. The summed E-state index contributed by atoms with van der Waals surface area (Å²) in [6.45, 7) is 8.35. The second kappa shape index (κ2) is 10.2. The van der Waals surface area contributed by atoms with Crippen LogP contribution < -0.4 is 5.32 Å². The molecule has 1 aliphatic heterocycles. The molecular formula is C26H30FN5O2. The van der Waals surface area contributed by atoms with Crippen LogP contribution in [-0.2, 0) is 11.2 Å². The Morgan fingerprint density at radius 2 is 1.68 bits per heavy atom. The van der Waals surface area contributed by atoms with E-state index in [4.69, 9.17) is 0 Å². The fourth-order valence-corrected chi connectivity index (χ4v) is 4.40. The van der Waals surface area contributed by atoms with Crippen LogP contribution >= 0.6 is 0 Å². The molecule has 0 bridgehead atoms. The molecule has 1 fully saturated rings. The first-order valence-corrected chi connectivity index (χ1v) is 11.6. The quantitative estimate of drug-likeness (QED) is 0.607. The molecule has 178 valence electrons. The zero-order valence-electron chi connectivity index (χ0n) is 19.8. The number of hydrogen-bond acceptors (Lipinski definition) is 4. The van der Waals surface area contributed by atoms with Crippen molar-refractivity contribution >= 4 is 17.5 Å². The van der Waals surface area contributed by atoms with Gasteiger partial charge in [0.2, 0.25) is 5.91 Å². The smallest absolute Gasteiger partial charge is 0.257 e. The number of nitrogens with zero attached hydrogens (tertiary/aromatic N) is 4. The number of aryl methyl sites for hydroxylation is 2. The van der Waals surface area contributed by atoms with Crippen LogP contribution in [0.5, 0.6) is 0 Å². The Morgan fingerprint density at radius 1 is 1.00 bits per heavy atom. The predicted molar refractivity (Wildman–Crippen MR) is 130 cm³/mol. The number of carbonyl (C=O) groups is 2. The van der Waals surface area contributed by atoms with Gasteiger partial charge in [0.1, 0.15) is 5.82 Å². The fraction of sp³-hybridized carbons (Fsp3) is 0.346. The summed E-state index contributed by atoms with van der Waals surface area (Å²) in [5, 5.41) is 7.53. The molecule has 4 rings (SSSR count). The lowest BCUT2D eigenvalue weighted by Crippen LogP contribution is -2.50. The summed E-state index contributed by atoms with van der Waals surface area (Å²) in [7, 11) is 0. The molecule has 34 heavy (non-hydrogen) atoms. The van der Waals surface area contributed by atoms with Gasteiger partial charge in [-0.2, -0.15) is 5.10 Å². The van der Waals surface area contributed by atoms with Crippen LogP contribution in [0.1, 0.15) is 34.2 Å². The Labute approximate surface area is 199 Å². The molecule has 0 spiro atoms. The Bertz CT molecular complexity index is 1180. The minimum atomic E-state index is -0.317. The van der Waals surface area contributed by atoms with Gasteiger partial charge in [0.05, 0.1) is 29.2 Å². The fourth-order valence-electron chi connectivity index (χ4n) is 4.40. The van der Waals surface area contributed by atoms with Crippen molar-refractivity contribution in [3.8, 4) is 5.69 Å². The molecule has 2 aromatic carbocycles. The number of rotatable bonds is 6. The van der Waals surface area contributed by atoms with E-state index in [9.17, 15) is 14.0 Å². The van der Waals surface area contributed by atoms with E-state index in [1.807, 2.05) is 43.0 Å². The number of amides is 2. The van der Waals surface area contributed by atoms with E-state index >= 15 is 0 Å². The number of nitrogens with one attached hydrogen (secondary N) is 1. The third-order valence-electron chi connectivity index (χ3n) is 6.28. The average Bonchev–Trinajstić information content (AvgIpc) is 3.13. The van der Waals surface area contributed by atoms with Gasteiger partial charge in [0.25, 0.3) is 5.91 Å². The topological polar surface area (TPSA) is 70.5 Å². The van der Waals surface area contributed by atoms with Crippen LogP contribution in [0, 0.1) is 19.7 Å². The van der Waals surface area contributed by atoms with Crippen LogP contribution in [0.4, 0.5) is 10.1 Å². The van der Waals surface area contributed by atoms with Crippen molar-refractivity contribution in [2.75, 3.05) is 38.0 Å². The van der Waals surface area contributed by atoms with Crippen molar-refractivity contribution in [3.63, 3.8) is 0 Å². The van der Waals surface area contributed by atoms with Crippen molar-refractivity contribution in [1.29, 1.82) is 0 Å². The molecular weight excluding hydrogens is 433 g/mol. The Balaban J connectivity index is 1.37. The van der Waals surface area contributed by atoms with Gasteiger partial charge in [0, 0.05) is 31.9 Å². The minimum Gasteiger partial charge on any atom is -0.336 e. The van der Waals surface area contributed by atoms with Crippen LogP contribution in [-0.4, -0.2) is 64.1 Å². The molecule has 1 aromatic heterocycles. The molecule has 1 N–H and O–H groups in total. The first-order chi connectivity index (χ1) is 16.4.